The van der Waals surface area contributed by atoms with Crippen molar-refractivity contribution in [2.45, 2.75) is 38.0 Å². The number of amides is 1. The van der Waals surface area contributed by atoms with Gasteiger partial charge in [0.25, 0.3) is 5.91 Å². The molecule has 1 aliphatic heterocycles. The maximum atomic E-state index is 14.0. The zero-order valence-corrected chi connectivity index (χ0v) is 20.4. The van der Waals surface area contributed by atoms with Crippen molar-refractivity contribution in [3.05, 3.63) is 101 Å². The minimum absolute atomic E-state index is 0.0519. The number of aliphatic hydroxyl groups excluding tert-OH is 1. The van der Waals surface area contributed by atoms with E-state index in [1.165, 1.54) is 6.07 Å². The number of carbonyl (C=O) groups is 1. The lowest BCUT2D eigenvalue weighted by Crippen LogP contribution is -2.55. The van der Waals surface area contributed by atoms with Crippen LogP contribution in [0.4, 0.5) is 8.78 Å². The van der Waals surface area contributed by atoms with E-state index in [1.54, 1.807) is 31.2 Å². The van der Waals surface area contributed by atoms with E-state index in [9.17, 15) is 13.6 Å². The molecule has 0 saturated carbocycles. The number of aliphatic imine (C=N–C) groups is 1. The molecule has 3 aromatic carbocycles. The first-order valence-electron chi connectivity index (χ1n) is 12.0. The first-order valence-corrected chi connectivity index (χ1v) is 12.0. The predicted octanol–water partition coefficient (Wildman–Crippen LogP) is 3.69. The summed E-state index contributed by atoms with van der Waals surface area (Å²) in [4.78, 5) is 18.3. The van der Waals surface area contributed by atoms with E-state index in [4.69, 9.17) is 19.6 Å². The van der Waals surface area contributed by atoms with Crippen LogP contribution in [-0.4, -0.2) is 41.8 Å². The highest BCUT2D eigenvalue weighted by Gasteiger charge is 2.50. The standard InChI is InChI=1S/C28H29F2N3O4/c1-19-28(17-20-7-3-2-4-8-20,27(35)33-31-18-23-24(29)9-5-10-25(23)30)32-26(37-19)21-11-13-22(14-12-21)36-16-6-15-34/h2-5,7-14,19,31,34H,6,15-18H2,1H3,(H,33,35)/t19-,28-/m0/s1. The molecule has 9 heteroatoms. The molecule has 0 fully saturated rings. The van der Waals surface area contributed by atoms with Crippen molar-refractivity contribution in [2.75, 3.05) is 13.2 Å². The summed E-state index contributed by atoms with van der Waals surface area (Å²) < 4.78 is 39.6. The number of nitrogens with zero attached hydrogens (tertiary/aromatic N) is 1. The van der Waals surface area contributed by atoms with Gasteiger partial charge in [-0.1, -0.05) is 36.4 Å². The molecule has 3 N–H and O–H groups in total. The molecule has 1 amide bonds. The van der Waals surface area contributed by atoms with Gasteiger partial charge in [-0.05, 0) is 48.9 Å². The maximum absolute atomic E-state index is 14.0. The third kappa shape index (κ3) is 6.12. The number of hydrogen-bond acceptors (Lipinski definition) is 6. The second-order valence-corrected chi connectivity index (χ2v) is 8.72. The number of carbonyl (C=O) groups excluding carboxylic acids is 1. The van der Waals surface area contributed by atoms with Crippen LogP contribution in [-0.2, 0) is 22.5 Å². The van der Waals surface area contributed by atoms with Crippen molar-refractivity contribution >= 4 is 11.8 Å². The lowest BCUT2D eigenvalue weighted by molar-refractivity contribution is -0.129. The van der Waals surface area contributed by atoms with Crippen LogP contribution < -0.4 is 15.6 Å². The van der Waals surface area contributed by atoms with Crippen LogP contribution in [0.15, 0.2) is 77.8 Å². The van der Waals surface area contributed by atoms with Gasteiger partial charge in [-0.15, -0.1) is 0 Å². The molecule has 0 bridgehead atoms. The molecule has 0 aliphatic carbocycles. The first kappa shape index (κ1) is 26.2. The molecular formula is C28H29F2N3O4. The van der Waals surface area contributed by atoms with Crippen LogP contribution in [0.2, 0.25) is 0 Å². The van der Waals surface area contributed by atoms with E-state index in [1.807, 2.05) is 30.3 Å². The average Bonchev–Trinajstić information content (AvgIpc) is 3.23. The Morgan fingerprint density at radius 3 is 2.43 bits per heavy atom. The number of ether oxygens (including phenoxy) is 2. The molecule has 7 nitrogen and oxygen atoms in total. The molecule has 0 saturated heterocycles. The molecule has 194 valence electrons. The predicted molar refractivity (Wildman–Crippen MR) is 135 cm³/mol. The van der Waals surface area contributed by atoms with Gasteiger partial charge < -0.3 is 14.6 Å². The van der Waals surface area contributed by atoms with Gasteiger partial charge in [0.2, 0.25) is 5.90 Å². The fourth-order valence-electron chi connectivity index (χ4n) is 4.07. The van der Waals surface area contributed by atoms with Crippen LogP contribution in [0.25, 0.3) is 0 Å². The van der Waals surface area contributed by atoms with Crippen molar-refractivity contribution < 1.29 is 28.2 Å². The molecule has 37 heavy (non-hydrogen) atoms. The van der Waals surface area contributed by atoms with Gasteiger partial charge in [0.05, 0.1) is 6.61 Å². The van der Waals surface area contributed by atoms with Crippen LogP contribution in [0.3, 0.4) is 0 Å². The molecule has 0 spiro atoms. The summed E-state index contributed by atoms with van der Waals surface area (Å²) in [5.74, 6) is -0.952. The highest BCUT2D eigenvalue weighted by molar-refractivity contribution is 6.00. The molecule has 4 rings (SSSR count). The lowest BCUT2D eigenvalue weighted by atomic mass is 9.86. The van der Waals surface area contributed by atoms with Crippen LogP contribution in [0, 0.1) is 11.6 Å². The summed E-state index contributed by atoms with van der Waals surface area (Å²) in [5.41, 5.74) is 5.26. The van der Waals surface area contributed by atoms with E-state index in [2.05, 4.69) is 10.9 Å². The number of halogens is 2. The number of hydrazine groups is 1. The normalized spacial score (nSPS) is 18.7. The second kappa shape index (κ2) is 11.9. The molecule has 1 heterocycles. The molecule has 1 aliphatic rings. The molecule has 2 atom stereocenters. The fourth-order valence-corrected chi connectivity index (χ4v) is 4.07. The Labute approximate surface area is 214 Å². The van der Waals surface area contributed by atoms with Crippen LogP contribution >= 0.6 is 0 Å². The number of aliphatic hydroxyl groups is 1. The summed E-state index contributed by atoms with van der Waals surface area (Å²) in [6.45, 7) is 1.97. The van der Waals surface area contributed by atoms with Crippen molar-refractivity contribution in [3.63, 3.8) is 0 Å². The summed E-state index contributed by atoms with van der Waals surface area (Å²) in [7, 11) is 0. The van der Waals surface area contributed by atoms with E-state index in [-0.39, 0.29) is 25.1 Å². The van der Waals surface area contributed by atoms with E-state index >= 15 is 0 Å². The zero-order chi connectivity index (χ0) is 26.3. The quantitative estimate of drug-likeness (QED) is 0.271. The Bertz CT molecular complexity index is 1220. The number of hydrogen-bond donors (Lipinski definition) is 3. The average molecular weight is 510 g/mol. The van der Waals surface area contributed by atoms with Crippen molar-refractivity contribution in [1.29, 1.82) is 0 Å². The summed E-state index contributed by atoms with van der Waals surface area (Å²) in [5, 5.41) is 8.91. The van der Waals surface area contributed by atoms with Crippen LogP contribution in [0.5, 0.6) is 5.75 Å². The largest absolute Gasteiger partial charge is 0.494 e. The Morgan fingerprint density at radius 1 is 1.05 bits per heavy atom. The first-order chi connectivity index (χ1) is 17.9. The monoisotopic (exact) mass is 509 g/mol. The molecule has 0 aromatic heterocycles. The van der Waals surface area contributed by atoms with Gasteiger partial charge in [0.15, 0.2) is 5.54 Å². The topological polar surface area (TPSA) is 92.2 Å². The van der Waals surface area contributed by atoms with Gasteiger partial charge in [0.1, 0.15) is 23.5 Å². The second-order valence-electron chi connectivity index (χ2n) is 8.72. The van der Waals surface area contributed by atoms with Crippen LogP contribution in [0.1, 0.15) is 30.0 Å². The minimum atomic E-state index is -1.33. The zero-order valence-electron chi connectivity index (χ0n) is 20.4. The van der Waals surface area contributed by atoms with E-state index < -0.39 is 29.2 Å². The maximum Gasteiger partial charge on any atom is 0.266 e. The Hall–Kier alpha value is -3.82. The Balaban J connectivity index is 1.55. The van der Waals surface area contributed by atoms with Crippen molar-refractivity contribution in [1.82, 2.24) is 10.9 Å². The SMILES string of the molecule is C[C@@H]1OC(c2ccc(OCCCO)cc2)=N[C@]1(Cc1ccccc1)C(=O)NNCc1c(F)cccc1F. The van der Waals surface area contributed by atoms with E-state index in [0.29, 0.717) is 30.2 Å². The highest BCUT2D eigenvalue weighted by atomic mass is 19.1. The number of benzene rings is 3. The summed E-state index contributed by atoms with van der Waals surface area (Å²) in [6, 6.07) is 20.1. The fraction of sp³-hybridized carbons (Fsp3) is 0.286. The van der Waals surface area contributed by atoms with Gasteiger partial charge in [0, 0.05) is 37.1 Å². The minimum Gasteiger partial charge on any atom is -0.494 e. The third-order valence-electron chi connectivity index (χ3n) is 6.17. The number of rotatable bonds is 11. The summed E-state index contributed by atoms with van der Waals surface area (Å²) in [6.07, 6.45) is 0.154. The molecular weight excluding hydrogens is 480 g/mol. The number of nitrogens with one attached hydrogen (secondary N) is 2. The van der Waals surface area contributed by atoms with Crippen molar-refractivity contribution in [2.24, 2.45) is 4.99 Å². The molecule has 3 aromatic rings. The van der Waals surface area contributed by atoms with Gasteiger partial charge >= 0.3 is 0 Å². The van der Waals surface area contributed by atoms with E-state index in [0.717, 1.165) is 17.7 Å². The summed E-state index contributed by atoms with van der Waals surface area (Å²) >= 11 is 0. The molecule has 0 radical (unpaired) electrons. The smallest absolute Gasteiger partial charge is 0.266 e. The Morgan fingerprint density at radius 2 is 1.76 bits per heavy atom. The van der Waals surface area contributed by atoms with Gasteiger partial charge in [-0.2, -0.15) is 0 Å². The highest BCUT2D eigenvalue weighted by Crippen LogP contribution is 2.32. The third-order valence-corrected chi connectivity index (χ3v) is 6.17. The van der Waals surface area contributed by atoms with Crippen molar-refractivity contribution in [3.8, 4) is 5.75 Å². The Kier molecular flexibility index (Phi) is 8.47. The van der Waals surface area contributed by atoms with Gasteiger partial charge in [-0.25, -0.2) is 19.2 Å². The molecule has 0 unspecified atom stereocenters. The lowest BCUT2D eigenvalue weighted by Gasteiger charge is -2.28. The van der Waals surface area contributed by atoms with Gasteiger partial charge in [-0.3, -0.25) is 10.2 Å².